The van der Waals surface area contributed by atoms with E-state index in [0.717, 1.165) is 44.5 Å². The molecule has 23 heavy (non-hydrogen) atoms. The minimum Gasteiger partial charge on any atom is -0.373 e. The van der Waals surface area contributed by atoms with E-state index in [2.05, 4.69) is 52.5 Å². The quantitative estimate of drug-likeness (QED) is 0.688. The van der Waals surface area contributed by atoms with Crippen LogP contribution in [0.5, 0.6) is 0 Å². The van der Waals surface area contributed by atoms with Gasteiger partial charge < -0.3 is 15.0 Å². The van der Waals surface area contributed by atoms with E-state index in [1.807, 2.05) is 7.05 Å². The maximum absolute atomic E-state index is 5.98. The van der Waals surface area contributed by atoms with Crippen LogP contribution in [0.1, 0.15) is 37.9 Å². The zero-order chi connectivity index (χ0) is 16.1. The Kier molecular flexibility index (Phi) is 5.55. The molecule has 0 spiro atoms. The topological polar surface area (TPSA) is 36.9 Å². The van der Waals surface area contributed by atoms with Gasteiger partial charge in [0, 0.05) is 39.2 Å². The highest BCUT2D eigenvalue weighted by atomic mass is 16.5. The second-order valence-corrected chi connectivity index (χ2v) is 6.85. The number of nitrogens with one attached hydrogen (secondary N) is 1. The third-order valence-electron chi connectivity index (χ3n) is 5.16. The average Bonchev–Trinajstić information content (AvgIpc) is 3.06. The molecule has 2 aliphatic rings. The summed E-state index contributed by atoms with van der Waals surface area (Å²) >= 11 is 0. The first-order valence-corrected chi connectivity index (χ1v) is 8.90. The van der Waals surface area contributed by atoms with Gasteiger partial charge >= 0.3 is 0 Å². The molecule has 0 saturated carbocycles. The van der Waals surface area contributed by atoms with Crippen LogP contribution in [-0.2, 0) is 4.74 Å². The van der Waals surface area contributed by atoms with Gasteiger partial charge in [-0.1, -0.05) is 37.3 Å². The van der Waals surface area contributed by atoms with Gasteiger partial charge in [-0.15, -0.1) is 0 Å². The molecule has 2 aliphatic heterocycles. The van der Waals surface area contributed by atoms with E-state index in [1.165, 1.54) is 18.4 Å². The van der Waals surface area contributed by atoms with Crippen LogP contribution in [0.4, 0.5) is 0 Å². The van der Waals surface area contributed by atoms with Crippen molar-refractivity contribution in [1.29, 1.82) is 0 Å². The van der Waals surface area contributed by atoms with E-state index in [4.69, 9.17) is 4.74 Å². The Hall–Kier alpha value is -1.55. The third-order valence-corrected chi connectivity index (χ3v) is 5.16. The maximum atomic E-state index is 5.98. The summed E-state index contributed by atoms with van der Waals surface area (Å²) in [6, 6.07) is 10.6. The minimum absolute atomic E-state index is 0.211. The van der Waals surface area contributed by atoms with Crippen molar-refractivity contribution >= 4 is 5.96 Å². The highest BCUT2D eigenvalue weighted by Crippen LogP contribution is 2.33. The summed E-state index contributed by atoms with van der Waals surface area (Å²) in [6.07, 6.45) is 3.85. The van der Waals surface area contributed by atoms with Crippen LogP contribution < -0.4 is 5.32 Å². The molecule has 2 atom stereocenters. The molecule has 4 nitrogen and oxygen atoms in total. The molecule has 2 saturated heterocycles. The van der Waals surface area contributed by atoms with E-state index in [9.17, 15) is 0 Å². The monoisotopic (exact) mass is 315 g/mol. The van der Waals surface area contributed by atoms with E-state index >= 15 is 0 Å². The summed E-state index contributed by atoms with van der Waals surface area (Å²) < 4.78 is 5.98. The fraction of sp³-hybridized carbons (Fsp3) is 0.632. The Morgan fingerprint density at radius 1 is 1.22 bits per heavy atom. The number of aliphatic imine (C=N–C) groups is 1. The molecule has 0 radical (unpaired) electrons. The van der Waals surface area contributed by atoms with Crippen molar-refractivity contribution in [3.05, 3.63) is 35.9 Å². The summed E-state index contributed by atoms with van der Waals surface area (Å²) in [5, 5.41) is 3.59. The van der Waals surface area contributed by atoms with E-state index in [0.29, 0.717) is 5.92 Å². The second kappa shape index (κ2) is 7.82. The predicted molar refractivity (Wildman–Crippen MR) is 94.6 cm³/mol. The number of likely N-dealkylation sites (tertiary alicyclic amines) is 1. The van der Waals surface area contributed by atoms with Crippen LogP contribution in [0.2, 0.25) is 0 Å². The van der Waals surface area contributed by atoms with Gasteiger partial charge in [-0.25, -0.2) is 0 Å². The Balaban J connectivity index is 1.56. The maximum Gasteiger partial charge on any atom is 0.193 e. The van der Waals surface area contributed by atoms with Gasteiger partial charge in [0.2, 0.25) is 0 Å². The van der Waals surface area contributed by atoms with Crippen LogP contribution >= 0.6 is 0 Å². The van der Waals surface area contributed by atoms with Crippen molar-refractivity contribution < 1.29 is 4.74 Å². The Bertz CT molecular complexity index is 509. The summed E-state index contributed by atoms with van der Waals surface area (Å²) in [5.74, 6) is 2.41. The molecule has 4 heteroatoms. The number of piperidine rings is 1. The molecule has 0 aromatic heterocycles. The highest BCUT2D eigenvalue weighted by molar-refractivity contribution is 5.79. The zero-order valence-corrected chi connectivity index (χ0v) is 14.4. The van der Waals surface area contributed by atoms with Crippen molar-refractivity contribution in [2.45, 2.75) is 32.3 Å². The second-order valence-electron chi connectivity index (χ2n) is 6.85. The molecule has 0 bridgehead atoms. The number of benzene rings is 1. The van der Waals surface area contributed by atoms with Crippen LogP contribution in [0.3, 0.4) is 0 Å². The zero-order valence-electron chi connectivity index (χ0n) is 14.4. The van der Waals surface area contributed by atoms with Crippen LogP contribution in [0.15, 0.2) is 35.3 Å². The molecule has 2 unspecified atom stereocenters. The fourth-order valence-electron chi connectivity index (χ4n) is 3.63. The van der Waals surface area contributed by atoms with Gasteiger partial charge in [0.25, 0.3) is 0 Å². The van der Waals surface area contributed by atoms with E-state index < -0.39 is 0 Å². The van der Waals surface area contributed by atoms with Crippen molar-refractivity contribution in [2.24, 2.45) is 16.8 Å². The summed E-state index contributed by atoms with van der Waals surface area (Å²) in [4.78, 5) is 6.88. The molecule has 3 rings (SSSR count). The van der Waals surface area contributed by atoms with Gasteiger partial charge in [-0.2, -0.15) is 0 Å². The highest BCUT2D eigenvalue weighted by Gasteiger charge is 2.30. The van der Waals surface area contributed by atoms with E-state index in [-0.39, 0.29) is 6.10 Å². The molecule has 126 valence electrons. The minimum atomic E-state index is 0.211. The first kappa shape index (κ1) is 16.3. The van der Waals surface area contributed by atoms with Crippen LogP contribution in [0, 0.1) is 11.8 Å². The first-order valence-electron chi connectivity index (χ1n) is 8.90. The lowest BCUT2D eigenvalue weighted by Crippen LogP contribution is -2.46. The fourth-order valence-corrected chi connectivity index (χ4v) is 3.63. The standard InChI is InChI=1S/C19H29N3O/c1-15-8-11-22(12-9-15)19(20-2)21-14-17-10-13-23-18(17)16-6-4-3-5-7-16/h3-7,15,17-18H,8-14H2,1-2H3,(H,20,21). The molecule has 0 amide bonds. The normalized spacial score (nSPS) is 26.5. The average molecular weight is 315 g/mol. The van der Waals surface area contributed by atoms with Gasteiger partial charge in [0.1, 0.15) is 0 Å². The molecule has 1 aromatic rings. The number of hydrogen-bond acceptors (Lipinski definition) is 2. The molecule has 1 N–H and O–H groups in total. The lowest BCUT2D eigenvalue weighted by molar-refractivity contribution is 0.0913. The number of nitrogens with zero attached hydrogens (tertiary/aromatic N) is 2. The van der Waals surface area contributed by atoms with Crippen molar-refractivity contribution in [3.63, 3.8) is 0 Å². The van der Waals surface area contributed by atoms with Crippen molar-refractivity contribution in [2.75, 3.05) is 33.3 Å². The smallest absolute Gasteiger partial charge is 0.193 e. The van der Waals surface area contributed by atoms with Crippen LogP contribution in [-0.4, -0.2) is 44.1 Å². The Labute approximate surface area is 139 Å². The number of ether oxygens (including phenoxy) is 1. The Morgan fingerprint density at radius 2 is 1.96 bits per heavy atom. The largest absolute Gasteiger partial charge is 0.373 e. The third kappa shape index (κ3) is 4.05. The number of rotatable bonds is 3. The number of hydrogen-bond donors (Lipinski definition) is 1. The predicted octanol–water partition coefficient (Wildman–Crippen LogP) is 3.07. The van der Waals surface area contributed by atoms with E-state index in [1.54, 1.807) is 0 Å². The molecule has 2 heterocycles. The Morgan fingerprint density at radius 3 is 2.65 bits per heavy atom. The van der Waals surface area contributed by atoms with Gasteiger partial charge in [-0.3, -0.25) is 4.99 Å². The molecule has 1 aromatic carbocycles. The molecule has 0 aliphatic carbocycles. The summed E-state index contributed by atoms with van der Waals surface area (Å²) in [5.41, 5.74) is 1.29. The van der Waals surface area contributed by atoms with Gasteiger partial charge in [-0.05, 0) is 30.7 Å². The van der Waals surface area contributed by atoms with Crippen molar-refractivity contribution in [1.82, 2.24) is 10.2 Å². The van der Waals surface area contributed by atoms with Gasteiger partial charge in [0.05, 0.1) is 6.10 Å². The molecular weight excluding hydrogens is 286 g/mol. The molecular formula is C19H29N3O. The summed E-state index contributed by atoms with van der Waals surface area (Å²) in [6.45, 7) is 6.35. The summed E-state index contributed by atoms with van der Waals surface area (Å²) in [7, 11) is 1.89. The number of guanidine groups is 1. The lowest BCUT2D eigenvalue weighted by atomic mass is 9.95. The first-order chi connectivity index (χ1) is 11.3. The van der Waals surface area contributed by atoms with Crippen molar-refractivity contribution in [3.8, 4) is 0 Å². The lowest BCUT2D eigenvalue weighted by Gasteiger charge is -2.33. The van der Waals surface area contributed by atoms with Crippen LogP contribution in [0.25, 0.3) is 0 Å². The van der Waals surface area contributed by atoms with Gasteiger partial charge in [0.15, 0.2) is 5.96 Å². The molecule has 2 fully saturated rings. The SMILES string of the molecule is CN=C(NCC1CCOC1c1ccccc1)N1CCC(C)CC1.